The van der Waals surface area contributed by atoms with E-state index in [1.54, 1.807) is 12.1 Å². The van der Waals surface area contributed by atoms with E-state index in [-0.39, 0.29) is 0 Å². The molecule has 0 heterocycles. The van der Waals surface area contributed by atoms with Crippen molar-refractivity contribution in [2.45, 2.75) is 0 Å². The maximum atomic E-state index is 5.62. The van der Waals surface area contributed by atoms with Gasteiger partial charge in [-0.2, -0.15) is 0 Å². The van der Waals surface area contributed by atoms with Gasteiger partial charge in [0.2, 0.25) is 0 Å². The number of hydrogen-bond acceptors (Lipinski definition) is 9. The molecule has 0 spiro atoms. The van der Waals surface area contributed by atoms with Crippen LogP contribution in [0.25, 0.3) is 0 Å². The molecule has 174 valence electrons. The molecule has 0 saturated carbocycles. The second kappa shape index (κ2) is 20.8. The maximum Gasteiger partial charge on any atom is 0.119 e. The maximum absolute atomic E-state index is 5.62. The van der Waals surface area contributed by atoms with Gasteiger partial charge in [0, 0.05) is 12.2 Å². The van der Waals surface area contributed by atoms with E-state index in [1.165, 1.54) is 0 Å². The van der Waals surface area contributed by atoms with Crippen molar-refractivity contribution in [3.8, 4) is 5.75 Å². The number of benzene rings is 1. The molecule has 0 fully saturated rings. The van der Waals surface area contributed by atoms with Gasteiger partial charge in [0.25, 0.3) is 0 Å². The van der Waals surface area contributed by atoms with Crippen molar-refractivity contribution in [1.29, 1.82) is 0 Å². The minimum Gasteiger partial charge on any atom is -0.491 e. The van der Waals surface area contributed by atoms with Gasteiger partial charge in [-0.3, -0.25) is 0 Å². The molecule has 1 aromatic rings. The molecule has 0 radical (unpaired) electrons. The van der Waals surface area contributed by atoms with E-state index in [2.05, 4.69) is 5.32 Å². The molecule has 0 aromatic heterocycles. The second-order valence-electron chi connectivity index (χ2n) is 6.20. The molecule has 0 aliphatic carbocycles. The third-order valence-electron chi connectivity index (χ3n) is 3.73. The second-order valence-corrected chi connectivity index (χ2v) is 6.20. The first-order chi connectivity index (χ1) is 14.8. The molecule has 0 amide bonds. The van der Waals surface area contributed by atoms with Gasteiger partial charge < -0.3 is 44.2 Å². The lowest BCUT2D eigenvalue weighted by Crippen LogP contribution is -2.17. The highest BCUT2D eigenvalue weighted by molar-refractivity contribution is 5.41. The highest BCUT2D eigenvalue weighted by atomic mass is 16.6. The summed E-state index contributed by atoms with van der Waals surface area (Å²) in [4.78, 5) is 0. The van der Waals surface area contributed by atoms with Crippen molar-refractivity contribution in [2.75, 3.05) is 105 Å². The summed E-state index contributed by atoms with van der Waals surface area (Å²) in [7, 11) is 1.90. The summed E-state index contributed by atoms with van der Waals surface area (Å²) in [6.07, 6.45) is 0. The lowest BCUT2D eigenvalue weighted by Gasteiger charge is -2.09. The average Bonchev–Trinajstić information content (AvgIpc) is 2.76. The first kappa shape index (κ1) is 26.6. The minimum atomic E-state index is 0.489. The van der Waals surface area contributed by atoms with Crippen LogP contribution in [0.2, 0.25) is 0 Å². The zero-order valence-corrected chi connectivity index (χ0v) is 18.1. The number of hydrogen-bond donors (Lipinski definition) is 2. The Kier molecular flexibility index (Phi) is 18.4. The fourth-order valence-electron chi connectivity index (χ4n) is 2.16. The molecule has 0 atom stereocenters. The van der Waals surface area contributed by atoms with Crippen molar-refractivity contribution in [3.63, 3.8) is 0 Å². The number of nitrogen functional groups attached to an aromatic ring is 1. The van der Waals surface area contributed by atoms with Crippen LogP contribution in [0.3, 0.4) is 0 Å². The Balaban J connectivity index is 1.68. The van der Waals surface area contributed by atoms with Gasteiger partial charge in [0.15, 0.2) is 0 Å². The normalized spacial score (nSPS) is 11.1. The lowest BCUT2D eigenvalue weighted by molar-refractivity contribution is -0.0176. The Bertz CT molecular complexity index is 477. The molecule has 0 saturated heterocycles. The van der Waals surface area contributed by atoms with Gasteiger partial charge in [-0.15, -0.1) is 0 Å². The van der Waals surface area contributed by atoms with Gasteiger partial charge in [0.05, 0.1) is 79.3 Å². The zero-order valence-electron chi connectivity index (χ0n) is 18.1. The summed E-state index contributed by atoms with van der Waals surface area (Å²) in [5, 5.41) is 3.01. The molecule has 9 heteroatoms. The van der Waals surface area contributed by atoms with Crippen LogP contribution in [-0.2, 0) is 28.4 Å². The van der Waals surface area contributed by atoms with Crippen LogP contribution in [-0.4, -0.2) is 99.5 Å². The van der Waals surface area contributed by atoms with E-state index in [0.29, 0.717) is 85.9 Å². The van der Waals surface area contributed by atoms with Crippen LogP contribution in [0.1, 0.15) is 0 Å². The third kappa shape index (κ3) is 17.4. The molecule has 1 aromatic carbocycles. The number of likely N-dealkylation sites (N-methyl/N-ethyl adjacent to an activating group) is 1. The number of nitrogens with one attached hydrogen (secondary N) is 1. The number of anilines is 1. The van der Waals surface area contributed by atoms with Crippen LogP contribution in [0.4, 0.5) is 5.69 Å². The Hall–Kier alpha value is -1.46. The predicted molar refractivity (Wildman–Crippen MR) is 115 cm³/mol. The van der Waals surface area contributed by atoms with Crippen molar-refractivity contribution < 1.29 is 33.2 Å². The first-order valence-corrected chi connectivity index (χ1v) is 10.4. The quantitative estimate of drug-likeness (QED) is 0.206. The topological polar surface area (TPSA) is 103 Å². The fraction of sp³-hybridized carbons (Fsp3) is 0.714. The molecule has 0 aliphatic heterocycles. The van der Waals surface area contributed by atoms with Crippen LogP contribution < -0.4 is 15.8 Å². The van der Waals surface area contributed by atoms with Crippen molar-refractivity contribution in [2.24, 2.45) is 0 Å². The molecule has 0 bridgehead atoms. The third-order valence-corrected chi connectivity index (χ3v) is 3.73. The molecule has 3 N–H and O–H groups in total. The van der Waals surface area contributed by atoms with E-state index in [9.17, 15) is 0 Å². The standard InChI is InChI=1S/C21H38N2O7/c1-23-6-7-24-8-9-25-10-11-26-12-13-27-14-15-28-16-17-29-18-19-30-21-4-2-20(22)3-5-21/h2-5,23H,6-19,22H2,1H3. The Morgan fingerprint density at radius 2 is 0.933 bits per heavy atom. The number of rotatable bonds is 22. The van der Waals surface area contributed by atoms with E-state index < -0.39 is 0 Å². The van der Waals surface area contributed by atoms with Gasteiger partial charge in [0.1, 0.15) is 12.4 Å². The summed E-state index contributed by atoms with van der Waals surface area (Å²) in [5.74, 6) is 0.781. The van der Waals surface area contributed by atoms with Gasteiger partial charge in [-0.25, -0.2) is 0 Å². The fourth-order valence-corrected chi connectivity index (χ4v) is 2.16. The summed E-state index contributed by atoms with van der Waals surface area (Å²) in [5.41, 5.74) is 6.34. The molecule has 0 unspecified atom stereocenters. The highest BCUT2D eigenvalue weighted by Gasteiger charge is 1.96. The summed E-state index contributed by atoms with van der Waals surface area (Å²) >= 11 is 0. The van der Waals surface area contributed by atoms with E-state index >= 15 is 0 Å². The molecular formula is C21H38N2O7. The molecule has 1 rings (SSSR count). The van der Waals surface area contributed by atoms with Crippen LogP contribution in [0.5, 0.6) is 5.75 Å². The highest BCUT2D eigenvalue weighted by Crippen LogP contribution is 2.12. The summed E-state index contributed by atoms with van der Waals surface area (Å²) in [6, 6.07) is 7.28. The monoisotopic (exact) mass is 430 g/mol. The Morgan fingerprint density at radius 3 is 1.33 bits per heavy atom. The molecular weight excluding hydrogens is 392 g/mol. The van der Waals surface area contributed by atoms with Gasteiger partial charge in [-0.1, -0.05) is 0 Å². The smallest absolute Gasteiger partial charge is 0.119 e. The first-order valence-electron chi connectivity index (χ1n) is 10.4. The number of nitrogens with two attached hydrogens (primary N) is 1. The Morgan fingerprint density at radius 1 is 0.567 bits per heavy atom. The van der Waals surface area contributed by atoms with Crippen molar-refractivity contribution in [3.05, 3.63) is 24.3 Å². The van der Waals surface area contributed by atoms with Gasteiger partial charge in [-0.05, 0) is 31.3 Å². The van der Waals surface area contributed by atoms with Gasteiger partial charge >= 0.3 is 0 Å². The Labute approximate surface area is 180 Å². The van der Waals surface area contributed by atoms with Crippen molar-refractivity contribution in [1.82, 2.24) is 5.32 Å². The predicted octanol–water partition coefficient (Wildman–Crippen LogP) is 0.967. The summed E-state index contributed by atoms with van der Waals surface area (Å²) < 4.78 is 38.0. The van der Waals surface area contributed by atoms with Crippen LogP contribution >= 0.6 is 0 Å². The number of ether oxygens (including phenoxy) is 7. The minimum absolute atomic E-state index is 0.489. The molecule has 0 aliphatic rings. The van der Waals surface area contributed by atoms with E-state index in [0.717, 1.165) is 18.0 Å². The largest absolute Gasteiger partial charge is 0.491 e. The van der Waals surface area contributed by atoms with E-state index in [4.69, 9.17) is 38.9 Å². The van der Waals surface area contributed by atoms with Crippen LogP contribution in [0, 0.1) is 0 Å². The zero-order chi connectivity index (χ0) is 21.5. The molecule has 30 heavy (non-hydrogen) atoms. The summed E-state index contributed by atoms with van der Waals surface area (Å²) in [6.45, 7) is 8.03. The average molecular weight is 431 g/mol. The van der Waals surface area contributed by atoms with Crippen molar-refractivity contribution >= 4 is 5.69 Å². The SMILES string of the molecule is CNCCOCCOCCOCCOCCOCCOCCOc1ccc(N)cc1. The van der Waals surface area contributed by atoms with E-state index in [1.807, 2.05) is 19.2 Å². The lowest BCUT2D eigenvalue weighted by atomic mass is 10.3. The molecule has 9 nitrogen and oxygen atoms in total. The van der Waals surface area contributed by atoms with Crippen LogP contribution in [0.15, 0.2) is 24.3 Å².